The molecule has 0 N–H and O–H groups in total. The Bertz CT molecular complexity index is 685. The van der Waals surface area contributed by atoms with Crippen molar-refractivity contribution < 1.29 is 14.5 Å². The van der Waals surface area contributed by atoms with Gasteiger partial charge >= 0.3 is 0 Å². The molecule has 0 aliphatic heterocycles. The van der Waals surface area contributed by atoms with Gasteiger partial charge in [0.2, 0.25) is 0 Å². The number of amides is 1. The zero-order chi connectivity index (χ0) is 15.6. The summed E-state index contributed by atoms with van der Waals surface area (Å²) < 4.78 is 5.11. The number of nitro groups is 1. The minimum Gasteiger partial charge on any atom is -0.496 e. The average Bonchev–Trinajstić information content (AvgIpc) is 2.99. The number of anilines is 1. The number of hydrogen-bond donors (Lipinski definition) is 0. The first kappa shape index (κ1) is 14.9. The molecular weight excluding hydrogens is 294 g/mol. The standard InChI is InChI=1S/C13H13N3O4S/c1-8-10(16(18)19)6-9(7-11(8)20-3)12(17)15(2)13-14-4-5-21-13/h4-7H,1-3H3. The van der Waals surface area contributed by atoms with Crippen LogP contribution >= 0.6 is 11.3 Å². The van der Waals surface area contributed by atoms with Crippen molar-refractivity contribution in [1.82, 2.24) is 4.98 Å². The lowest BCUT2D eigenvalue weighted by Crippen LogP contribution is -2.26. The van der Waals surface area contributed by atoms with Gasteiger partial charge in [0.1, 0.15) is 5.75 Å². The Morgan fingerprint density at radius 3 is 2.71 bits per heavy atom. The highest BCUT2D eigenvalue weighted by Crippen LogP contribution is 2.30. The molecule has 0 atom stereocenters. The summed E-state index contributed by atoms with van der Waals surface area (Å²) in [5.41, 5.74) is 0.419. The molecule has 0 aliphatic rings. The molecule has 0 aliphatic carbocycles. The summed E-state index contributed by atoms with van der Waals surface area (Å²) in [6.07, 6.45) is 1.59. The molecule has 0 saturated heterocycles. The van der Waals surface area contributed by atoms with E-state index in [9.17, 15) is 14.9 Å². The number of thiazole rings is 1. The molecule has 21 heavy (non-hydrogen) atoms. The van der Waals surface area contributed by atoms with Gasteiger partial charge in [0.25, 0.3) is 11.6 Å². The Kier molecular flexibility index (Phi) is 4.18. The van der Waals surface area contributed by atoms with Gasteiger partial charge in [0.05, 0.1) is 23.2 Å². The molecule has 0 bridgehead atoms. The van der Waals surface area contributed by atoms with Crippen molar-refractivity contribution >= 4 is 28.1 Å². The maximum absolute atomic E-state index is 12.4. The number of aromatic nitrogens is 1. The fourth-order valence-electron chi connectivity index (χ4n) is 1.86. The third kappa shape index (κ3) is 2.84. The molecule has 1 aromatic heterocycles. The first-order chi connectivity index (χ1) is 9.95. The van der Waals surface area contributed by atoms with Gasteiger partial charge in [-0.2, -0.15) is 0 Å². The summed E-state index contributed by atoms with van der Waals surface area (Å²) in [5.74, 6) is -0.0774. The van der Waals surface area contributed by atoms with Crippen molar-refractivity contribution in [3.63, 3.8) is 0 Å². The van der Waals surface area contributed by atoms with E-state index in [2.05, 4.69) is 4.98 Å². The quantitative estimate of drug-likeness (QED) is 0.640. The lowest BCUT2D eigenvalue weighted by atomic mass is 10.1. The highest BCUT2D eigenvalue weighted by Gasteiger charge is 2.23. The Hall–Kier alpha value is -2.48. The van der Waals surface area contributed by atoms with E-state index in [1.807, 2.05) is 0 Å². The van der Waals surface area contributed by atoms with E-state index in [1.54, 1.807) is 25.5 Å². The van der Waals surface area contributed by atoms with Crippen LogP contribution in [0.5, 0.6) is 5.75 Å². The van der Waals surface area contributed by atoms with Crippen LogP contribution in [0.15, 0.2) is 23.7 Å². The van der Waals surface area contributed by atoms with Crippen molar-refractivity contribution in [3.05, 3.63) is 45.0 Å². The normalized spacial score (nSPS) is 10.2. The third-order valence-corrected chi connectivity index (χ3v) is 3.85. The number of hydrogen-bond acceptors (Lipinski definition) is 6. The maximum atomic E-state index is 12.4. The fraction of sp³-hybridized carbons (Fsp3) is 0.231. The molecular formula is C13H13N3O4S. The third-order valence-electron chi connectivity index (χ3n) is 3.01. The lowest BCUT2D eigenvalue weighted by Gasteiger charge is -2.15. The number of ether oxygens (including phenoxy) is 1. The van der Waals surface area contributed by atoms with Gasteiger partial charge in [-0.05, 0) is 13.0 Å². The number of nitro benzene ring substituents is 1. The molecule has 0 unspecified atom stereocenters. The molecule has 0 saturated carbocycles. The van der Waals surface area contributed by atoms with Gasteiger partial charge in [0, 0.05) is 24.7 Å². The highest BCUT2D eigenvalue weighted by molar-refractivity contribution is 7.13. The summed E-state index contributed by atoms with van der Waals surface area (Å²) in [4.78, 5) is 28.3. The van der Waals surface area contributed by atoms with E-state index in [4.69, 9.17) is 4.74 Å². The van der Waals surface area contributed by atoms with E-state index in [0.717, 1.165) is 0 Å². The molecule has 0 spiro atoms. The first-order valence-corrected chi connectivity index (χ1v) is 6.84. The Labute approximate surface area is 124 Å². The summed E-state index contributed by atoms with van der Waals surface area (Å²) in [6.45, 7) is 1.58. The smallest absolute Gasteiger partial charge is 0.276 e. The van der Waals surface area contributed by atoms with Crippen molar-refractivity contribution in [2.45, 2.75) is 6.92 Å². The van der Waals surface area contributed by atoms with Crippen molar-refractivity contribution in [2.75, 3.05) is 19.1 Å². The predicted octanol–water partition coefficient (Wildman–Crippen LogP) is 2.64. The van der Waals surface area contributed by atoms with Gasteiger partial charge < -0.3 is 4.74 Å². The van der Waals surface area contributed by atoms with E-state index in [-0.39, 0.29) is 17.2 Å². The molecule has 0 radical (unpaired) electrons. The van der Waals surface area contributed by atoms with Crippen LogP contribution in [0, 0.1) is 17.0 Å². The topological polar surface area (TPSA) is 85.6 Å². The number of carbonyl (C=O) groups excluding carboxylic acids is 1. The van der Waals surface area contributed by atoms with Crippen LogP contribution in [0.25, 0.3) is 0 Å². The van der Waals surface area contributed by atoms with E-state index in [0.29, 0.717) is 16.4 Å². The number of carbonyl (C=O) groups is 1. The van der Waals surface area contributed by atoms with Gasteiger partial charge in [0.15, 0.2) is 5.13 Å². The SMILES string of the molecule is COc1cc(C(=O)N(C)c2nccs2)cc([N+](=O)[O-])c1C. The second-order valence-corrected chi connectivity index (χ2v) is 5.13. The summed E-state index contributed by atoms with van der Waals surface area (Å²) in [6, 6.07) is 2.75. The summed E-state index contributed by atoms with van der Waals surface area (Å²) in [7, 11) is 2.98. The minimum absolute atomic E-state index is 0.148. The first-order valence-electron chi connectivity index (χ1n) is 5.96. The van der Waals surface area contributed by atoms with Crippen LogP contribution in [-0.4, -0.2) is 30.0 Å². The largest absolute Gasteiger partial charge is 0.496 e. The van der Waals surface area contributed by atoms with Gasteiger partial charge in [-0.15, -0.1) is 11.3 Å². The second kappa shape index (κ2) is 5.88. The summed E-state index contributed by atoms with van der Waals surface area (Å²) in [5, 5.41) is 13.3. The fourth-order valence-corrected chi connectivity index (χ4v) is 2.47. The van der Waals surface area contributed by atoms with E-state index < -0.39 is 4.92 Å². The van der Waals surface area contributed by atoms with Gasteiger partial charge in [-0.25, -0.2) is 4.98 Å². The Balaban J connectivity index is 2.46. The minimum atomic E-state index is -0.530. The molecule has 2 aromatic rings. The van der Waals surface area contributed by atoms with Crippen LogP contribution in [0.4, 0.5) is 10.8 Å². The zero-order valence-electron chi connectivity index (χ0n) is 11.7. The monoisotopic (exact) mass is 307 g/mol. The average molecular weight is 307 g/mol. The Morgan fingerprint density at radius 2 is 2.19 bits per heavy atom. The van der Waals surface area contributed by atoms with Gasteiger partial charge in [-0.1, -0.05) is 0 Å². The molecule has 8 heteroatoms. The molecule has 1 heterocycles. The van der Waals surface area contributed by atoms with E-state index in [1.165, 1.54) is 35.5 Å². The van der Waals surface area contributed by atoms with Crippen LogP contribution in [-0.2, 0) is 0 Å². The second-order valence-electron chi connectivity index (χ2n) is 4.26. The predicted molar refractivity (Wildman–Crippen MR) is 79.2 cm³/mol. The van der Waals surface area contributed by atoms with Crippen LogP contribution in [0.3, 0.4) is 0 Å². The van der Waals surface area contributed by atoms with Crippen LogP contribution in [0.2, 0.25) is 0 Å². The number of nitrogens with zero attached hydrogens (tertiary/aromatic N) is 3. The van der Waals surface area contributed by atoms with Crippen LogP contribution in [0.1, 0.15) is 15.9 Å². The number of benzene rings is 1. The van der Waals surface area contributed by atoms with Gasteiger partial charge in [-0.3, -0.25) is 19.8 Å². The molecule has 2 rings (SSSR count). The zero-order valence-corrected chi connectivity index (χ0v) is 12.5. The van der Waals surface area contributed by atoms with E-state index >= 15 is 0 Å². The van der Waals surface area contributed by atoms with Crippen LogP contribution < -0.4 is 9.64 Å². The maximum Gasteiger partial charge on any atom is 0.276 e. The highest BCUT2D eigenvalue weighted by atomic mass is 32.1. The number of methoxy groups -OCH3 is 1. The Morgan fingerprint density at radius 1 is 1.48 bits per heavy atom. The molecule has 1 aromatic carbocycles. The van der Waals surface area contributed by atoms with Crippen molar-refractivity contribution in [2.24, 2.45) is 0 Å². The lowest BCUT2D eigenvalue weighted by molar-refractivity contribution is -0.385. The van der Waals surface area contributed by atoms with Crippen molar-refractivity contribution in [3.8, 4) is 5.75 Å². The molecule has 1 amide bonds. The number of rotatable bonds is 4. The summed E-state index contributed by atoms with van der Waals surface area (Å²) >= 11 is 1.31. The molecule has 110 valence electrons. The molecule has 0 fully saturated rings. The van der Waals surface area contributed by atoms with Crippen molar-refractivity contribution in [1.29, 1.82) is 0 Å². The molecule has 7 nitrogen and oxygen atoms in total.